The van der Waals surface area contributed by atoms with Gasteiger partial charge in [-0.15, -0.1) is 0 Å². The fraction of sp³-hybridized carbons (Fsp3) is 0.0588. The number of hydrogen-bond donors (Lipinski definition) is 0. The van der Waals surface area contributed by atoms with Gasteiger partial charge in [0.15, 0.2) is 0 Å². The summed E-state index contributed by atoms with van der Waals surface area (Å²) in [5, 5.41) is 15.6. The van der Waals surface area contributed by atoms with Crippen LogP contribution in [0.3, 0.4) is 0 Å². The van der Waals surface area contributed by atoms with Crippen molar-refractivity contribution in [1.29, 1.82) is 0 Å². The van der Waals surface area contributed by atoms with Gasteiger partial charge < -0.3 is 0 Å². The number of fused-ring (bicyclic) bond motifs is 12. The summed E-state index contributed by atoms with van der Waals surface area (Å²) in [6, 6.07) is 63.6. The summed E-state index contributed by atoms with van der Waals surface area (Å²) in [5.74, 6) is 0. The maximum absolute atomic E-state index is 2.49. The van der Waals surface area contributed by atoms with Gasteiger partial charge in [0.05, 0.1) is 0 Å². The van der Waals surface area contributed by atoms with Gasteiger partial charge in [-0.1, -0.05) is 159 Å². The van der Waals surface area contributed by atoms with Crippen LogP contribution in [0.25, 0.3) is 98.0 Å². The molecule has 238 valence electrons. The van der Waals surface area contributed by atoms with E-state index in [-0.39, 0.29) is 5.41 Å². The number of hydrogen-bond acceptors (Lipinski definition) is 0. The average Bonchev–Trinajstić information content (AvgIpc) is 3.41. The SMILES string of the molecule is CC1(C)c2cc3cc(-c4c5ccccc5c(-c5ccc6ccccc6c5)c5ccccc45)ccc3cc2-c2c1c1ccccc1c1ccccc21. The van der Waals surface area contributed by atoms with Gasteiger partial charge in [-0.3, -0.25) is 0 Å². The molecule has 0 spiro atoms. The molecule has 10 aromatic carbocycles. The Hall–Kier alpha value is -6.24. The fourth-order valence-corrected chi connectivity index (χ4v) is 9.48. The molecule has 0 fully saturated rings. The molecule has 11 rings (SSSR count). The highest BCUT2D eigenvalue weighted by Gasteiger charge is 2.38. The molecule has 0 aliphatic heterocycles. The first kappa shape index (κ1) is 28.6. The van der Waals surface area contributed by atoms with Crippen molar-refractivity contribution in [3.63, 3.8) is 0 Å². The molecule has 0 atom stereocenters. The van der Waals surface area contributed by atoms with Crippen LogP contribution in [0.4, 0.5) is 0 Å². The molecule has 0 saturated heterocycles. The Morgan fingerprint density at radius 3 is 1.31 bits per heavy atom. The van der Waals surface area contributed by atoms with Crippen molar-refractivity contribution in [2.24, 2.45) is 0 Å². The van der Waals surface area contributed by atoms with Crippen LogP contribution in [0.2, 0.25) is 0 Å². The van der Waals surface area contributed by atoms with Gasteiger partial charge in [-0.05, 0) is 133 Å². The van der Waals surface area contributed by atoms with Gasteiger partial charge in [0.2, 0.25) is 0 Å². The van der Waals surface area contributed by atoms with E-state index in [0.29, 0.717) is 0 Å². The van der Waals surface area contributed by atoms with Crippen LogP contribution in [0, 0.1) is 0 Å². The van der Waals surface area contributed by atoms with Crippen molar-refractivity contribution in [2.45, 2.75) is 19.3 Å². The summed E-state index contributed by atoms with van der Waals surface area (Å²) in [6.45, 7) is 4.84. The van der Waals surface area contributed by atoms with Crippen molar-refractivity contribution in [2.75, 3.05) is 0 Å². The topological polar surface area (TPSA) is 0 Å². The molecule has 51 heavy (non-hydrogen) atoms. The van der Waals surface area contributed by atoms with Crippen molar-refractivity contribution in [3.8, 4) is 33.4 Å². The van der Waals surface area contributed by atoms with Crippen molar-refractivity contribution in [1.82, 2.24) is 0 Å². The lowest BCUT2D eigenvalue weighted by Crippen LogP contribution is -2.15. The molecule has 0 unspecified atom stereocenters. The summed E-state index contributed by atoms with van der Waals surface area (Å²) in [6.07, 6.45) is 0. The highest BCUT2D eigenvalue weighted by molar-refractivity contribution is 6.23. The van der Waals surface area contributed by atoms with E-state index in [1.807, 2.05) is 0 Å². The molecule has 0 nitrogen and oxygen atoms in total. The third-order valence-electron chi connectivity index (χ3n) is 11.7. The summed E-state index contributed by atoms with van der Waals surface area (Å²) in [4.78, 5) is 0. The smallest absolute Gasteiger partial charge is 0.0165 e. The van der Waals surface area contributed by atoms with Gasteiger partial charge in [0.25, 0.3) is 0 Å². The number of benzene rings is 10. The zero-order chi connectivity index (χ0) is 33.8. The van der Waals surface area contributed by atoms with Crippen LogP contribution in [0.1, 0.15) is 25.0 Å². The summed E-state index contributed by atoms with van der Waals surface area (Å²) < 4.78 is 0. The van der Waals surface area contributed by atoms with E-state index in [0.717, 1.165) is 0 Å². The highest BCUT2D eigenvalue weighted by Crippen LogP contribution is 2.55. The Labute approximate surface area is 297 Å². The van der Waals surface area contributed by atoms with Crippen LogP contribution >= 0.6 is 0 Å². The molecule has 0 radical (unpaired) electrons. The predicted octanol–water partition coefficient (Wildman–Crippen LogP) is 14.2. The molecule has 0 bridgehead atoms. The van der Waals surface area contributed by atoms with E-state index in [4.69, 9.17) is 0 Å². The van der Waals surface area contributed by atoms with Gasteiger partial charge in [-0.25, -0.2) is 0 Å². The Morgan fingerprint density at radius 1 is 0.314 bits per heavy atom. The van der Waals surface area contributed by atoms with Crippen molar-refractivity contribution >= 4 is 64.6 Å². The minimum atomic E-state index is -0.139. The normalized spacial score (nSPS) is 13.5. The molecule has 10 aromatic rings. The van der Waals surface area contributed by atoms with Crippen molar-refractivity contribution in [3.05, 3.63) is 181 Å². The third-order valence-corrected chi connectivity index (χ3v) is 11.7. The largest absolute Gasteiger partial charge is 0.0616 e. The molecule has 0 heteroatoms. The van der Waals surface area contributed by atoms with E-state index in [1.165, 1.54) is 109 Å². The molecule has 0 N–H and O–H groups in total. The monoisotopic (exact) mass is 646 g/mol. The first-order valence-electron chi connectivity index (χ1n) is 18.0. The van der Waals surface area contributed by atoms with Crippen LogP contribution in [0.15, 0.2) is 170 Å². The van der Waals surface area contributed by atoms with Gasteiger partial charge in [0, 0.05) is 5.41 Å². The van der Waals surface area contributed by atoms with Crippen LogP contribution in [-0.2, 0) is 5.41 Å². The Kier molecular flexibility index (Phi) is 5.82. The van der Waals surface area contributed by atoms with Crippen molar-refractivity contribution < 1.29 is 0 Å². The zero-order valence-corrected chi connectivity index (χ0v) is 28.7. The lowest BCUT2D eigenvalue weighted by Gasteiger charge is -2.24. The van der Waals surface area contributed by atoms with Gasteiger partial charge in [-0.2, -0.15) is 0 Å². The van der Waals surface area contributed by atoms with Crippen LogP contribution < -0.4 is 0 Å². The van der Waals surface area contributed by atoms with Crippen LogP contribution in [0.5, 0.6) is 0 Å². The molecular weight excluding hydrogens is 613 g/mol. The summed E-state index contributed by atoms with van der Waals surface area (Å²) in [7, 11) is 0. The molecule has 0 heterocycles. The Bertz CT molecular complexity index is 3050. The van der Waals surface area contributed by atoms with Gasteiger partial charge >= 0.3 is 0 Å². The molecule has 0 amide bonds. The maximum atomic E-state index is 2.49. The van der Waals surface area contributed by atoms with E-state index in [1.54, 1.807) is 0 Å². The predicted molar refractivity (Wildman–Crippen MR) is 220 cm³/mol. The lowest BCUT2D eigenvalue weighted by atomic mass is 9.79. The molecule has 0 aromatic heterocycles. The first-order chi connectivity index (χ1) is 25.1. The Balaban J connectivity index is 1.16. The first-order valence-corrected chi connectivity index (χ1v) is 18.0. The van der Waals surface area contributed by atoms with E-state index >= 15 is 0 Å². The molecule has 1 aliphatic carbocycles. The second-order valence-electron chi connectivity index (χ2n) is 14.8. The average molecular weight is 647 g/mol. The second-order valence-corrected chi connectivity index (χ2v) is 14.8. The highest BCUT2D eigenvalue weighted by atomic mass is 14.4. The van der Waals surface area contributed by atoms with E-state index in [9.17, 15) is 0 Å². The van der Waals surface area contributed by atoms with E-state index in [2.05, 4.69) is 184 Å². The Morgan fingerprint density at radius 2 is 0.725 bits per heavy atom. The fourth-order valence-electron chi connectivity index (χ4n) is 9.48. The minimum Gasteiger partial charge on any atom is -0.0616 e. The van der Waals surface area contributed by atoms with Gasteiger partial charge in [0.1, 0.15) is 0 Å². The standard InChI is InChI=1S/C51H34/c1-51(2)46-30-36-28-35(26-24-33(36)29-45(46)49-39-17-7-5-15-37(39)38-16-6-12-22-44(38)50(49)51)48-42-20-10-8-18-40(42)47(41-19-9-11-21-43(41)48)34-25-23-31-13-3-4-14-32(31)27-34/h3-30H,1-2H3. The minimum absolute atomic E-state index is 0.139. The third kappa shape index (κ3) is 3.96. The molecule has 1 aliphatic rings. The molecule has 0 saturated carbocycles. The molecular formula is C51H34. The van der Waals surface area contributed by atoms with E-state index < -0.39 is 0 Å². The summed E-state index contributed by atoms with van der Waals surface area (Å²) in [5.41, 5.74) is 10.6. The zero-order valence-electron chi connectivity index (χ0n) is 28.7. The van der Waals surface area contributed by atoms with Crippen LogP contribution in [-0.4, -0.2) is 0 Å². The lowest BCUT2D eigenvalue weighted by molar-refractivity contribution is 0.667. The quantitative estimate of drug-likeness (QED) is 0.129. The second kappa shape index (κ2) is 10.4. The summed E-state index contributed by atoms with van der Waals surface area (Å²) >= 11 is 0. The maximum Gasteiger partial charge on any atom is 0.0165 e. The number of rotatable bonds is 2.